The van der Waals surface area contributed by atoms with Gasteiger partial charge in [0, 0.05) is 0 Å². The van der Waals surface area contributed by atoms with Crippen LogP contribution in [0.3, 0.4) is 0 Å². The van der Waals surface area contributed by atoms with Gasteiger partial charge >= 0.3 is 0 Å². The highest BCUT2D eigenvalue weighted by atomic mass is 32.2. The summed E-state index contributed by atoms with van der Waals surface area (Å²) in [7, 11) is -5.39. The van der Waals surface area contributed by atoms with E-state index in [1.54, 1.807) is 0 Å². The smallest absolute Gasteiger partial charge is 0.210 e. The molecule has 7 heteroatoms. The topological polar surface area (TPSA) is 56.3 Å². The van der Waals surface area contributed by atoms with Crippen LogP contribution in [0.25, 0.3) is 10.2 Å². The Bertz CT molecular complexity index is 1040. The summed E-state index contributed by atoms with van der Waals surface area (Å²) in [6.07, 6.45) is 3.41. The van der Waals surface area contributed by atoms with Crippen LogP contribution in [0, 0.1) is 5.92 Å². The van der Waals surface area contributed by atoms with E-state index in [1.165, 1.54) is 11.3 Å². The normalized spacial score (nSPS) is 22.7. The van der Waals surface area contributed by atoms with Crippen LogP contribution < -0.4 is 0 Å². The average molecular weight is 464 g/mol. The van der Waals surface area contributed by atoms with Crippen molar-refractivity contribution in [3.05, 3.63) is 48.1 Å². The van der Waals surface area contributed by atoms with Gasteiger partial charge < -0.3 is 4.43 Å². The molecule has 0 N–H and O–H groups in total. The van der Waals surface area contributed by atoms with E-state index in [0.717, 1.165) is 34.2 Å². The zero-order valence-electron chi connectivity index (χ0n) is 18.9. The minimum Gasteiger partial charge on any atom is -0.410 e. The van der Waals surface area contributed by atoms with Gasteiger partial charge in [-0.15, -0.1) is 11.3 Å². The molecule has 0 saturated heterocycles. The number of fused-ring (bicyclic) bond motifs is 1. The highest BCUT2D eigenvalue weighted by Crippen LogP contribution is 2.42. The maximum absolute atomic E-state index is 12.9. The number of hydrogen-bond acceptors (Lipinski definition) is 5. The lowest BCUT2D eigenvalue weighted by molar-refractivity contribution is 0.189. The number of rotatable bonds is 5. The molecule has 1 aliphatic rings. The molecule has 0 aliphatic heterocycles. The maximum Gasteiger partial charge on any atom is 0.210 e. The second kappa shape index (κ2) is 8.34. The van der Waals surface area contributed by atoms with E-state index in [4.69, 9.17) is 4.43 Å². The summed E-state index contributed by atoms with van der Waals surface area (Å²) in [6.45, 7) is 17.6. The zero-order valence-corrected chi connectivity index (χ0v) is 21.5. The molecule has 4 nitrogen and oxygen atoms in total. The third-order valence-electron chi connectivity index (χ3n) is 6.44. The highest BCUT2D eigenvalue weighted by Gasteiger charge is 2.41. The number of hydrogen-bond donors (Lipinski definition) is 0. The Morgan fingerprint density at radius 3 is 2.57 bits per heavy atom. The largest absolute Gasteiger partial charge is 0.410 e. The van der Waals surface area contributed by atoms with E-state index in [1.807, 2.05) is 30.3 Å². The number of benzene rings is 1. The van der Waals surface area contributed by atoms with Crippen molar-refractivity contribution in [1.29, 1.82) is 0 Å². The number of thiazole rings is 1. The van der Waals surface area contributed by atoms with Crippen molar-refractivity contribution >= 4 is 39.7 Å². The Hall–Kier alpha value is -1.28. The molecule has 1 heterocycles. The summed E-state index contributed by atoms with van der Waals surface area (Å²) >= 11 is 1.24. The van der Waals surface area contributed by atoms with Gasteiger partial charge in [0.1, 0.15) is 0 Å². The Labute approximate surface area is 186 Å². The van der Waals surface area contributed by atoms with E-state index in [9.17, 15) is 8.42 Å². The number of sulfone groups is 1. The van der Waals surface area contributed by atoms with Gasteiger partial charge in [0.25, 0.3) is 0 Å². The van der Waals surface area contributed by atoms with Crippen molar-refractivity contribution in [3.8, 4) is 0 Å². The fourth-order valence-corrected chi connectivity index (χ4v) is 7.21. The van der Waals surface area contributed by atoms with Crippen LogP contribution in [0.4, 0.5) is 0 Å². The quantitative estimate of drug-likeness (QED) is 0.382. The Morgan fingerprint density at radius 2 is 1.93 bits per heavy atom. The second-order valence-corrected chi connectivity index (χ2v) is 17.8. The second-order valence-electron chi connectivity index (χ2n) is 9.84. The monoisotopic (exact) mass is 463 g/mol. The fraction of sp³-hybridized carbons (Fsp3) is 0.522. The van der Waals surface area contributed by atoms with Gasteiger partial charge in [-0.3, -0.25) is 0 Å². The number of nitrogens with zero attached hydrogens (tertiary/aromatic N) is 1. The summed E-state index contributed by atoms with van der Waals surface area (Å²) in [4.78, 5) is 4.33. The summed E-state index contributed by atoms with van der Waals surface area (Å²) in [5.41, 5.74) is 3.01. The van der Waals surface area contributed by atoms with Crippen molar-refractivity contribution in [1.82, 2.24) is 4.98 Å². The van der Waals surface area contributed by atoms with Crippen LogP contribution in [-0.4, -0.2) is 33.6 Å². The standard InChI is InChI=1S/C23H33NO3S2Si/c1-16-14-18(15-20(17(16)2)27-30(6,7)23(3,4)5)12-13-29(25,26)22-24-19-10-8-9-11-21(19)28-22/h8-12,16,20H,2,13-15H2,1,3-7H3/b18-12-/t16-,20-/m1/s1. The van der Waals surface area contributed by atoms with Crippen LogP contribution in [-0.2, 0) is 14.3 Å². The number of para-hydroxylation sites is 1. The Kier molecular flexibility index (Phi) is 6.50. The lowest BCUT2D eigenvalue weighted by Gasteiger charge is -2.42. The first-order valence-corrected chi connectivity index (χ1v) is 15.8. The first-order valence-electron chi connectivity index (χ1n) is 10.4. The molecule has 3 rings (SSSR count). The molecule has 1 saturated carbocycles. The summed E-state index contributed by atoms with van der Waals surface area (Å²) in [5.74, 6) is 0.263. The van der Waals surface area contributed by atoms with E-state index < -0.39 is 18.2 Å². The highest BCUT2D eigenvalue weighted by molar-refractivity contribution is 7.93. The van der Waals surface area contributed by atoms with Crippen LogP contribution >= 0.6 is 11.3 Å². The Balaban J connectivity index is 1.78. The van der Waals surface area contributed by atoms with Crippen molar-refractivity contribution < 1.29 is 12.8 Å². The SMILES string of the molecule is C=C1[C@H](C)C/C(=C/CS(=O)(=O)c2nc3ccccc3s2)C[C@H]1O[Si](C)(C)C(C)(C)C. The molecule has 30 heavy (non-hydrogen) atoms. The lowest BCUT2D eigenvalue weighted by atomic mass is 9.81. The van der Waals surface area contributed by atoms with Crippen LogP contribution in [0.2, 0.25) is 18.1 Å². The maximum atomic E-state index is 12.9. The predicted molar refractivity (Wildman–Crippen MR) is 129 cm³/mol. The third kappa shape index (κ3) is 4.95. The van der Waals surface area contributed by atoms with Gasteiger partial charge in [-0.05, 0) is 54.6 Å². The molecule has 0 bridgehead atoms. The molecule has 2 aromatic rings. The van der Waals surface area contributed by atoms with Gasteiger partial charge in [-0.1, -0.05) is 58.1 Å². The van der Waals surface area contributed by atoms with Gasteiger partial charge in [0.05, 0.1) is 22.1 Å². The minimum atomic E-state index is -3.45. The fourth-order valence-electron chi connectivity index (χ4n) is 3.39. The molecule has 1 fully saturated rings. The average Bonchev–Trinajstić information content (AvgIpc) is 3.08. The summed E-state index contributed by atoms with van der Waals surface area (Å²) < 4.78 is 33.5. The molecule has 1 aromatic heterocycles. The first kappa shape index (κ1) is 23.4. The first-order chi connectivity index (χ1) is 13.8. The summed E-state index contributed by atoms with van der Waals surface area (Å²) in [5, 5.41) is 0.119. The zero-order chi connectivity index (χ0) is 22.3. The van der Waals surface area contributed by atoms with E-state index in [0.29, 0.717) is 0 Å². The molecule has 0 amide bonds. The van der Waals surface area contributed by atoms with Crippen molar-refractivity contribution in [2.24, 2.45) is 5.92 Å². The predicted octanol–water partition coefficient (Wildman–Crippen LogP) is 6.37. The third-order valence-corrected chi connectivity index (χ3v) is 14.0. The molecule has 0 unspecified atom stereocenters. The van der Waals surface area contributed by atoms with E-state index in [2.05, 4.69) is 52.4 Å². The Morgan fingerprint density at radius 1 is 1.27 bits per heavy atom. The number of aromatic nitrogens is 1. The van der Waals surface area contributed by atoms with Gasteiger partial charge in [0.2, 0.25) is 14.2 Å². The molecular weight excluding hydrogens is 430 g/mol. The van der Waals surface area contributed by atoms with E-state index >= 15 is 0 Å². The van der Waals surface area contributed by atoms with Crippen LogP contribution in [0.5, 0.6) is 0 Å². The van der Waals surface area contributed by atoms with Gasteiger partial charge in [-0.2, -0.15) is 0 Å². The van der Waals surface area contributed by atoms with Crippen molar-refractivity contribution in [2.75, 3.05) is 5.75 Å². The van der Waals surface area contributed by atoms with E-state index in [-0.39, 0.29) is 27.2 Å². The molecule has 0 radical (unpaired) electrons. The summed E-state index contributed by atoms with van der Waals surface area (Å²) in [6, 6.07) is 7.53. The minimum absolute atomic E-state index is 0.0197. The van der Waals surface area contributed by atoms with Crippen molar-refractivity contribution in [3.63, 3.8) is 0 Å². The molecule has 2 atom stereocenters. The molecular formula is C23H33NO3S2Si. The van der Waals surface area contributed by atoms with Gasteiger partial charge in [0.15, 0.2) is 8.32 Å². The van der Waals surface area contributed by atoms with Gasteiger partial charge in [-0.25, -0.2) is 13.4 Å². The molecule has 164 valence electrons. The molecule has 1 aliphatic carbocycles. The lowest BCUT2D eigenvalue weighted by Crippen LogP contribution is -2.45. The van der Waals surface area contributed by atoms with Crippen LogP contribution in [0.1, 0.15) is 40.5 Å². The van der Waals surface area contributed by atoms with Crippen LogP contribution in [0.15, 0.2) is 52.4 Å². The molecule has 1 aromatic carbocycles. The van der Waals surface area contributed by atoms with Crippen molar-refractivity contribution in [2.45, 2.75) is 69.1 Å². The molecule has 0 spiro atoms.